The van der Waals surface area contributed by atoms with Gasteiger partial charge < -0.3 is 14.8 Å². The van der Waals surface area contributed by atoms with Crippen molar-refractivity contribution in [3.63, 3.8) is 0 Å². The molecule has 0 bridgehead atoms. The first-order valence-electron chi connectivity index (χ1n) is 9.04. The van der Waals surface area contributed by atoms with Crippen LogP contribution in [0.25, 0.3) is 0 Å². The van der Waals surface area contributed by atoms with E-state index in [1.807, 2.05) is 12.1 Å². The normalized spacial score (nSPS) is 10.8. The Morgan fingerprint density at radius 3 is 2.04 bits per heavy atom. The van der Waals surface area contributed by atoms with E-state index in [0.717, 1.165) is 5.56 Å². The molecule has 2 rings (SSSR count). The minimum Gasteiger partial charge on any atom is -0.461 e. The molecule has 1 N–H and O–H groups in total. The van der Waals surface area contributed by atoms with Crippen LogP contribution in [0.3, 0.4) is 0 Å². The fourth-order valence-electron chi connectivity index (χ4n) is 2.37. The van der Waals surface area contributed by atoms with Crippen molar-refractivity contribution in [2.24, 2.45) is 0 Å². The van der Waals surface area contributed by atoms with Gasteiger partial charge in [0.2, 0.25) is 0 Å². The van der Waals surface area contributed by atoms with E-state index < -0.39 is 11.9 Å². The minimum absolute atomic E-state index is 0.00275. The fourth-order valence-corrected chi connectivity index (χ4v) is 2.37. The van der Waals surface area contributed by atoms with Gasteiger partial charge in [0, 0.05) is 5.56 Å². The molecular formula is C22H25NO5. The highest BCUT2D eigenvalue weighted by atomic mass is 16.6. The zero-order chi connectivity index (χ0) is 20.6. The number of esters is 2. The zero-order valence-corrected chi connectivity index (χ0v) is 16.4. The summed E-state index contributed by atoms with van der Waals surface area (Å²) in [5, 5.41) is 2.51. The molecule has 0 aliphatic carbocycles. The van der Waals surface area contributed by atoms with Crippen molar-refractivity contribution in [2.45, 2.75) is 26.2 Å². The SMILES string of the molecule is CC(C)(C)c1ccc(C(=O)NCC(=O)OCCOC(=O)c2ccccc2)cc1. The van der Waals surface area contributed by atoms with E-state index in [2.05, 4.69) is 26.1 Å². The number of hydrogen-bond donors (Lipinski definition) is 1. The molecule has 0 atom stereocenters. The van der Waals surface area contributed by atoms with Gasteiger partial charge in [0.05, 0.1) is 5.56 Å². The van der Waals surface area contributed by atoms with Crippen LogP contribution in [-0.4, -0.2) is 37.6 Å². The molecule has 0 radical (unpaired) electrons. The predicted octanol–water partition coefficient (Wildman–Crippen LogP) is 3.11. The first kappa shape index (κ1) is 21.2. The number of ether oxygens (including phenoxy) is 2. The van der Waals surface area contributed by atoms with Crippen LogP contribution in [0.5, 0.6) is 0 Å². The molecular weight excluding hydrogens is 358 g/mol. The fraction of sp³-hybridized carbons (Fsp3) is 0.318. The van der Waals surface area contributed by atoms with Gasteiger partial charge in [-0.2, -0.15) is 0 Å². The summed E-state index contributed by atoms with van der Waals surface area (Å²) in [7, 11) is 0. The van der Waals surface area contributed by atoms with Crippen molar-refractivity contribution >= 4 is 17.8 Å². The lowest BCUT2D eigenvalue weighted by molar-refractivity contribution is -0.143. The highest BCUT2D eigenvalue weighted by molar-refractivity contribution is 5.96. The summed E-state index contributed by atoms with van der Waals surface area (Å²) in [6.45, 7) is 5.89. The lowest BCUT2D eigenvalue weighted by Crippen LogP contribution is -2.31. The van der Waals surface area contributed by atoms with Crippen molar-refractivity contribution in [2.75, 3.05) is 19.8 Å². The molecule has 6 nitrogen and oxygen atoms in total. The number of benzene rings is 2. The van der Waals surface area contributed by atoms with Crippen molar-refractivity contribution in [1.82, 2.24) is 5.32 Å². The minimum atomic E-state index is -0.601. The van der Waals surface area contributed by atoms with Crippen LogP contribution in [0.4, 0.5) is 0 Å². The smallest absolute Gasteiger partial charge is 0.338 e. The van der Waals surface area contributed by atoms with Crippen molar-refractivity contribution in [3.8, 4) is 0 Å². The second kappa shape index (κ2) is 9.69. The highest BCUT2D eigenvalue weighted by Gasteiger charge is 2.15. The molecule has 2 aromatic rings. The maximum absolute atomic E-state index is 12.1. The molecule has 0 spiro atoms. The van der Waals surface area contributed by atoms with Gasteiger partial charge in [-0.25, -0.2) is 4.79 Å². The average Bonchev–Trinajstić information content (AvgIpc) is 2.69. The van der Waals surface area contributed by atoms with Gasteiger partial charge in [-0.3, -0.25) is 9.59 Å². The van der Waals surface area contributed by atoms with Crippen molar-refractivity contribution < 1.29 is 23.9 Å². The second-order valence-electron chi connectivity index (χ2n) is 7.23. The summed E-state index contributed by atoms with van der Waals surface area (Å²) < 4.78 is 9.96. The van der Waals surface area contributed by atoms with Gasteiger partial charge in [-0.05, 0) is 35.2 Å². The lowest BCUT2D eigenvalue weighted by atomic mass is 9.87. The maximum Gasteiger partial charge on any atom is 0.338 e. The number of carbonyl (C=O) groups excluding carboxylic acids is 3. The highest BCUT2D eigenvalue weighted by Crippen LogP contribution is 2.22. The first-order valence-corrected chi connectivity index (χ1v) is 9.04. The van der Waals surface area contributed by atoms with E-state index in [1.165, 1.54) is 0 Å². The second-order valence-corrected chi connectivity index (χ2v) is 7.23. The summed E-state index contributed by atoms with van der Waals surface area (Å²) in [6, 6.07) is 15.8. The number of nitrogens with one attached hydrogen (secondary N) is 1. The summed E-state index contributed by atoms with van der Waals surface area (Å²) in [5.74, 6) is -1.44. The van der Waals surface area contributed by atoms with Gasteiger partial charge in [0.1, 0.15) is 19.8 Å². The summed E-state index contributed by atoms with van der Waals surface area (Å²) in [4.78, 5) is 35.5. The Kier molecular flexibility index (Phi) is 7.32. The molecule has 6 heteroatoms. The van der Waals surface area contributed by atoms with E-state index in [0.29, 0.717) is 11.1 Å². The lowest BCUT2D eigenvalue weighted by Gasteiger charge is -2.19. The van der Waals surface area contributed by atoms with Gasteiger partial charge in [-0.15, -0.1) is 0 Å². The van der Waals surface area contributed by atoms with Gasteiger partial charge >= 0.3 is 11.9 Å². The largest absolute Gasteiger partial charge is 0.461 e. The standard InChI is InChI=1S/C22H25NO5/c1-22(2,3)18-11-9-16(10-12-18)20(25)23-15-19(24)27-13-14-28-21(26)17-7-5-4-6-8-17/h4-12H,13-15H2,1-3H3,(H,23,25). The van der Waals surface area contributed by atoms with Gasteiger partial charge in [-0.1, -0.05) is 51.1 Å². The van der Waals surface area contributed by atoms with Crippen LogP contribution < -0.4 is 5.32 Å². The van der Waals surface area contributed by atoms with E-state index in [1.54, 1.807) is 42.5 Å². The summed E-state index contributed by atoms with van der Waals surface area (Å²) in [6.07, 6.45) is 0. The molecule has 0 fully saturated rings. The van der Waals surface area contributed by atoms with Crippen LogP contribution in [0, 0.1) is 0 Å². The third-order valence-corrected chi connectivity index (χ3v) is 4.00. The van der Waals surface area contributed by atoms with Crippen LogP contribution in [0.1, 0.15) is 47.1 Å². The molecule has 2 aromatic carbocycles. The monoisotopic (exact) mass is 383 g/mol. The van der Waals surface area contributed by atoms with E-state index >= 15 is 0 Å². The number of amides is 1. The molecule has 0 saturated heterocycles. The Balaban J connectivity index is 1.68. The third-order valence-electron chi connectivity index (χ3n) is 4.00. The molecule has 0 heterocycles. The van der Waals surface area contributed by atoms with Crippen molar-refractivity contribution in [3.05, 3.63) is 71.3 Å². The molecule has 0 saturated carbocycles. The third kappa shape index (κ3) is 6.54. The summed E-state index contributed by atoms with van der Waals surface area (Å²) in [5.41, 5.74) is 2.02. The van der Waals surface area contributed by atoms with Crippen LogP contribution >= 0.6 is 0 Å². The molecule has 1 amide bonds. The zero-order valence-electron chi connectivity index (χ0n) is 16.4. The Bertz CT molecular complexity index is 807. The maximum atomic E-state index is 12.1. The number of carbonyl (C=O) groups is 3. The Hall–Kier alpha value is -3.15. The molecule has 0 aromatic heterocycles. The topological polar surface area (TPSA) is 81.7 Å². The average molecular weight is 383 g/mol. The Labute approximate surface area is 164 Å². The molecule has 0 aliphatic rings. The van der Waals surface area contributed by atoms with Crippen molar-refractivity contribution in [1.29, 1.82) is 0 Å². The quantitative estimate of drug-likeness (QED) is 0.587. The van der Waals surface area contributed by atoms with E-state index in [9.17, 15) is 14.4 Å². The number of rotatable bonds is 7. The Morgan fingerprint density at radius 2 is 1.43 bits per heavy atom. The van der Waals surface area contributed by atoms with Gasteiger partial charge in [0.25, 0.3) is 5.91 Å². The van der Waals surface area contributed by atoms with Crippen LogP contribution in [0.2, 0.25) is 0 Å². The molecule has 0 unspecified atom stereocenters. The summed E-state index contributed by atoms with van der Waals surface area (Å²) >= 11 is 0. The van der Waals surface area contributed by atoms with Crippen LogP contribution in [0.15, 0.2) is 54.6 Å². The molecule has 28 heavy (non-hydrogen) atoms. The molecule has 0 aliphatic heterocycles. The van der Waals surface area contributed by atoms with Gasteiger partial charge in [0.15, 0.2) is 0 Å². The van der Waals surface area contributed by atoms with Crippen LogP contribution in [-0.2, 0) is 19.7 Å². The molecule has 148 valence electrons. The Morgan fingerprint density at radius 1 is 0.821 bits per heavy atom. The van der Waals surface area contributed by atoms with E-state index in [-0.39, 0.29) is 31.1 Å². The predicted molar refractivity (Wildman–Crippen MR) is 105 cm³/mol. The first-order chi connectivity index (χ1) is 13.3. The van der Waals surface area contributed by atoms with E-state index in [4.69, 9.17) is 9.47 Å². The number of hydrogen-bond acceptors (Lipinski definition) is 5.